The first-order chi connectivity index (χ1) is 6.97. The lowest BCUT2D eigenvalue weighted by Gasteiger charge is -2.32. The van der Waals surface area contributed by atoms with E-state index in [0.29, 0.717) is 11.8 Å². The Hall–Kier alpha value is -0.850. The highest BCUT2D eigenvalue weighted by atomic mass is 16.1. The van der Waals surface area contributed by atoms with Crippen LogP contribution >= 0.6 is 0 Å². The normalized spacial score (nSPS) is 21.1. The van der Waals surface area contributed by atoms with E-state index in [-0.39, 0.29) is 5.78 Å². The minimum Gasteiger partial charge on any atom is -0.295 e. The maximum absolute atomic E-state index is 11.2. The molecule has 0 aliphatic heterocycles. The summed E-state index contributed by atoms with van der Waals surface area (Å²) in [5.74, 6) is 0.221. The van der Waals surface area contributed by atoms with Crippen LogP contribution in [0.3, 0.4) is 0 Å². The Kier molecular flexibility index (Phi) is 3.90. The number of hydrogen-bond acceptors (Lipinski definition) is 1. The van der Waals surface area contributed by atoms with Gasteiger partial charge in [-0.1, -0.05) is 32.4 Å². The smallest absolute Gasteiger partial charge is 0.155 e. The van der Waals surface area contributed by atoms with E-state index in [0.717, 1.165) is 6.42 Å². The Labute approximate surface area is 93.3 Å². The van der Waals surface area contributed by atoms with Crippen molar-refractivity contribution in [2.75, 3.05) is 0 Å². The molecule has 0 saturated heterocycles. The molecule has 1 rings (SSSR count). The van der Waals surface area contributed by atoms with Crippen LogP contribution in [0.25, 0.3) is 0 Å². The summed E-state index contributed by atoms with van der Waals surface area (Å²) in [5.41, 5.74) is 3.13. The number of carbonyl (C=O) groups is 1. The highest BCUT2D eigenvalue weighted by molar-refractivity contribution is 5.89. The van der Waals surface area contributed by atoms with Gasteiger partial charge in [0.1, 0.15) is 0 Å². The maximum Gasteiger partial charge on any atom is 0.155 e. The van der Waals surface area contributed by atoms with E-state index in [1.54, 1.807) is 6.08 Å². The van der Waals surface area contributed by atoms with Gasteiger partial charge < -0.3 is 0 Å². The van der Waals surface area contributed by atoms with Gasteiger partial charge >= 0.3 is 0 Å². The van der Waals surface area contributed by atoms with Crippen molar-refractivity contribution in [1.82, 2.24) is 0 Å². The molecule has 0 saturated carbocycles. The third-order valence-electron chi connectivity index (χ3n) is 3.56. The Morgan fingerprint density at radius 3 is 2.73 bits per heavy atom. The Morgan fingerprint density at radius 2 is 2.13 bits per heavy atom. The van der Waals surface area contributed by atoms with Gasteiger partial charge in [0.15, 0.2) is 5.78 Å². The highest BCUT2D eigenvalue weighted by Crippen LogP contribution is 2.40. The van der Waals surface area contributed by atoms with Crippen molar-refractivity contribution in [3.8, 4) is 0 Å². The molecule has 15 heavy (non-hydrogen) atoms. The third kappa shape index (κ3) is 3.05. The average Bonchev–Trinajstić information content (AvgIpc) is 2.19. The van der Waals surface area contributed by atoms with Gasteiger partial charge in [-0.25, -0.2) is 0 Å². The number of rotatable bonds is 3. The van der Waals surface area contributed by atoms with Crippen LogP contribution in [0.5, 0.6) is 0 Å². The molecule has 0 unspecified atom stereocenters. The van der Waals surface area contributed by atoms with Gasteiger partial charge in [0.2, 0.25) is 0 Å². The highest BCUT2D eigenvalue weighted by Gasteiger charge is 2.25. The Morgan fingerprint density at radius 1 is 1.47 bits per heavy atom. The summed E-state index contributed by atoms with van der Waals surface area (Å²) < 4.78 is 0. The largest absolute Gasteiger partial charge is 0.295 e. The fourth-order valence-corrected chi connectivity index (χ4v) is 2.05. The first-order valence-electron chi connectivity index (χ1n) is 5.88. The van der Waals surface area contributed by atoms with E-state index in [4.69, 9.17) is 0 Å². The molecular weight excluding hydrogens is 184 g/mol. The van der Waals surface area contributed by atoms with Crippen molar-refractivity contribution in [2.45, 2.75) is 53.4 Å². The van der Waals surface area contributed by atoms with E-state index >= 15 is 0 Å². The number of carbonyl (C=O) groups excluding carboxylic acids is 1. The van der Waals surface area contributed by atoms with Gasteiger partial charge in [-0.15, -0.1) is 0 Å². The minimum absolute atomic E-state index is 0.221. The second kappa shape index (κ2) is 4.78. The van der Waals surface area contributed by atoms with Crippen LogP contribution < -0.4 is 0 Å². The molecule has 0 N–H and O–H groups in total. The summed E-state index contributed by atoms with van der Waals surface area (Å²) >= 11 is 0. The van der Waals surface area contributed by atoms with Crippen LogP contribution in [-0.4, -0.2) is 5.78 Å². The molecule has 0 heterocycles. The van der Waals surface area contributed by atoms with Gasteiger partial charge in [0, 0.05) is 6.42 Å². The van der Waals surface area contributed by atoms with Gasteiger partial charge in [-0.2, -0.15) is 0 Å². The van der Waals surface area contributed by atoms with Gasteiger partial charge in [-0.3, -0.25) is 4.79 Å². The van der Waals surface area contributed by atoms with Crippen LogP contribution in [0.2, 0.25) is 0 Å². The maximum atomic E-state index is 11.2. The molecule has 1 nitrogen and oxygen atoms in total. The lowest BCUT2D eigenvalue weighted by molar-refractivity contribution is -0.114. The second-order valence-electron chi connectivity index (χ2n) is 5.04. The molecule has 1 heteroatoms. The van der Waals surface area contributed by atoms with Crippen molar-refractivity contribution in [3.63, 3.8) is 0 Å². The first kappa shape index (κ1) is 12.2. The van der Waals surface area contributed by atoms with Crippen molar-refractivity contribution in [1.29, 1.82) is 0 Å². The molecule has 0 atom stereocenters. The molecule has 0 aromatic rings. The zero-order valence-corrected chi connectivity index (χ0v) is 10.4. The van der Waals surface area contributed by atoms with Crippen LogP contribution in [-0.2, 0) is 4.79 Å². The summed E-state index contributed by atoms with van der Waals surface area (Å²) in [6.45, 7) is 8.68. The number of hydrogen-bond donors (Lipinski definition) is 0. The van der Waals surface area contributed by atoms with Crippen LogP contribution in [0, 0.1) is 5.41 Å². The van der Waals surface area contributed by atoms with Crippen LogP contribution in [0.15, 0.2) is 23.3 Å². The zero-order valence-electron chi connectivity index (χ0n) is 10.4. The van der Waals surface area contributed by atoms with Crippen LogP contribution in [0.1, 0.15) is 53.4 Å². The monoisotopic (exact) mass is 206 g/mol. The molecule has 1 aliphatic rings. The molecule has 0 fully saturated rings. The van der Waals surface area contributed by atoms with E-state index in [1.807, 2.05) is 13.0 Å². The Balaban J connectivity index is 2.85. The molecular formula is C14H22O. The fourth-order valence-electron chi connectivity index (χ4n) is 2.05. The average molecular weight is 206 g/mol. The predicted molar refractivity (Wildman–Crippen MR) is 64.8 cm³/mol. The summed E-state index contributed by atoms with van der Waals surface area (Å²) in [4.78, 5) is 11.2. The lowest BCUT2D eigenvalue weighted by atomic mass is 9.73. The summed E-state index contributed by atoms with van der Waals surface area (Å²) in [6.07, 6.45) is 8.00. The van der Waals surface area contributed by atoms with Gasteiger partial charge in [0.25, 0.3) is 0 Å². The lowest BCUT2D eigenvalue weighted by Crippen LogP contribution is -2.18. The van der Waals surface area contributed by atoms with Gasteiger partial charge in [-0.05, 0) is 43.3 Å². The molecule has 0 radical (unpaired) electrons. The first-order valence-corrected chi connectivity index (χ1v) is 5.88. The second-order valence-corrected chi connectivity index (χ2v) is 5.04. The van der Waals surface area contributed by atoms with E-state index < -0.39 is 0 Å². The minimum atomic E-state index is 0.221. The summed E-state index contributed by atoms with van der Waals surface area (Å²) in [6, 6.07) is 0. The molecule has 0 amide bonds. The molecule has 0 aromatic heterocycles. The predicted octanol–water partition coefficient (Wildman–Crippen LogP) is 4.05. The Bertz CT molecular complexity index is 305. The molecule has 84 valence electrons. The summed E-state index contributed by atoms with van der Waals surface area (Å²) in [5, 5.41) is 0. The zero-order chi connectivity index (χ0) is 11.5. The van der Waals surface area contributed by atoms with Crippen LogP contribution in [0.4, 0.5) is 0 Å². The van der Waals surface area contributed by atoms with Crippen molar-refractivity contribution in [3.05, 3.63) is 23.3 Å². The van der Waals surface area contributed by atoms with Crippen molar-refractivity contribution < 1.29 is 4.79 Å². The van der Waals surface area contributed by atoms with Crippen molar-refractivity contribution >= 4 is 5.78 Å². The summed E-state index contributed by atoms with van der Waals surface area (Å²) in [7, 11) is 0. The molecule has 0 spiro atoms. The molecule has 1 aliphatic carbocycles. The number of allylic oxidation sites excluding steroid dienone is 4. The molecule has 0 aromatic carbocycles. The van der Waals surface area contributed by atoms with E-state index in [1.165, 1.54) is 24.0 Å². The SMILES string of the molecule is CCC(=O)/C=C/C1=C(C)C(C)(C)CCC1. The van der Waals surface area contributed by atoms with Crippen molar-refractivity contribution in [2.24, 2.45) is 5.41 Å². The van der Waals surface area contributed by atoms with E-state index in [9.17, 15) is 4.79 Å². The number of ketones is 1. The third-order valence-corrected chi connectivity index (χ3v) is 3.56. The van der Waals surface area contributed by atoms with Gasteiger partial charge in [0.05, 0.1) is 0 Å². The van der Waals surface area contributed by atoms with E-state index in [2.05, 4.69) is 20.8 Å². The standard InChI is InChI=1S/C14H22O/c1-5-13(15)9-8-12-7-6-10-14(3,4)11(12)2/h8-9H,5-7,10H2,1-4H3/b9-8+. The fraction of sp³-hybridized carbons (Fsp3) is 0.643. The topological polar surface area (TPSA) is 17.1 Å². The molecule has 0 bridgehead atoms. The quantitative estimate of drug-likeness (QED) is 0.637.